The predicted molar refractivity (Wildman–Crippen MR) is 117 cm³/mol. The first kappa shape index (κ1) is 20.6. The molecule has 0 saturated carbocycles. The van der Waals surface area contributed by atoms with E-state index in [1.807, 2.05) is 52.0 Å². The first-order chi connectivity index (χ1) is 13.3. The van der Waals surface area contributed by atoms with Crippen LogP contribution in [0.25, 0.3) is 10.9 Å². The zero-order chi connectivity index (χ0) is 20.4. The summed E-state index contributed by atoms with van der Waals surface area (Å²) in [4.78, 5) is 30.5. The van der Waals surface area contributed by atoms with Gasteiger partial charge in [0.15, 0.2) is 10.9 Å². The highest BCUT2D eigenvalue weighted by atomic mass is 35.5. The molecule has 1 atom stereocenters. The van der Waals surface area contributed by atoms with E-state index in [4.69, 9.17) is 11.6 Å². The van der Waals surface area contributed by atoms with Gasteiger partial charge in [-0.2, -0.15) is 0 Å². The molecular formula is C22H23ClN2O2S. The Bertz CT molecular complexity index is 1070. The van der Waals surface area contributed by atoms with E-state index in [-0.39, 0.29) is 22.5 Å². The second-order valence-electron chi connectivity index (χ2n) is 7.36. The van der Waals surface area contributed by atoms with Crippen molar-refractivity contribution >= 4 is 40.0 Å². The average molecular weight is 415 g/mol. The summed E-state index contributed by atoms with van der Waals surface area (Å²) in [7, 11) is 0. The number of fused-ring (bicyclic) bond motifs is 1. The highest BCUT2D eigenvalue weighted by Gasteiger charge is 2.21. The molecule has 0 aliphatic carbocycles. The summed E-state index contributed by atoms with van der Waals surface area (Å²) in [6.45, 7) is 8.47. The Morgan fingerprint density at radius 3 is 2.46 bits per heavy atom. The van der Waals surface area contributed by atoms with Crippen molar-refractivity contribution < 1.29 is 4.79 Å². The number of halogens is 1. The largest absolute Gasteiger partial charge is 0.293 e. The van der Waals surface area contributed by atoms with Crippen molar-refractivity contribution in [2.24, 2.45) is 5.92 Å². The fourth-order valence-corrected chi connectivity index (χ4v) is 4.12. The number of hydrogen-bond donors (Lipinski definition) is 0. The molecule has 0 bridgehead atoms. The zero-order valence-electron chi connectivity index (χ0n) is 16.4. The molecule has 0 saturated heterocycles. The summed E-state index contributed by atoms with van der Waals surface area (Å²) < 4.78 is 1.67. The summed E-state index contributed by atoms with van der Waals surface area (Å²) in [5.41, 5.74) is 2.21. The van der Waals surface area contributed by atoms with E-state index in [2.05, 4.69) is 4.98 Å². The second-order valence-corrected chi connectivity index (χ2v) is 9.10. The van der Waals surface area contributed by atoms with Crippen molar-refractivity contribution in [3.05, 3.63) is 69.0 Å². The Hall–Kier alpha value is -2.11. The number of ketones is 1. The van der Waals surface area contributed by atoms with Gasteiger partial charge in [0.2, 0.25) is 0 Å². The molecule has 1 heterocycles. The van der Waals surface area contributed by atoms with Crippen molar-refractivity contribution in [1.82, 2.24) is 9.55 Å². The van der Waals surface area contributed by atoms with Gasteiger partial charge in [0, 0.05) is 17.1 Å². The van der Waals surface area contributed by atoms with Gasteiger partial charge in [-0.3, -0.25) is 14.2 Å². The average Bonchev–Trinajstić information content (AvgIpc) is 2.64. The lowest BCUT2D eigenvalue weighted by molar-refractivity contribution is 0.0994. The van der Waals surface area contributed by atoms with Crippen LogP contribution >= 0.6 is 23.4 Å². The summed E-state index contributed by atoms with van der Waals surface area (Å²) in [6.07, 6.45) is 0. The molecule has 6 heteroatoms. The van der Waals surface area contributed by atoms with E-state index >= 15 is 0 Å². The monoisotopic (exact) mass is 414 g/mol. The SMILES string of the molecule is Cc1ccc(C(=O)[C@@H](C)Sc2nc3cc(Cl)ccc3c(=O)n2CC(C)C)cc1. The van der Waals surface area contributed by atoms with Crippen molar-refractivity contribution in [1.29, 1.82) is 0 Å². The lowest BCUT2D eigenvalue weighted by Crippen LogP contribution is -2.26. The fourth-order valence-electron chi connectivity index (χ4n) is 2.95. The molecule has 0 N–H and O–H groups in total. The van der Waals surface area contributed by atoms with Crippen molar-refractivity contribution in [2.45, 2.75) is 44.6 Å². The van der Waals surface area contributed by atoms with Gasteiger partial charge >= 0.3 is 0 Å². The summed E-state index contributed by atoms with van der Waals surface area (Å²) in [6, 6.07) is 12.6. The van der Waals surface area contributed by atoms with Gasteiger partial charge in [-0.1, -0.05) is 67.0 Å². The molecular weight excluding hydrogens is 392 g/mol. The minimum Gasteiger partial charge on any atom is -0.293 e. The van der Waals surface area contributed by atoms with Gasteiger partial charge < -0.3 is 0 Å². The van der Waals surface area contributed by atoms with Crippen LogP contribution in [-0.2, 0) is 6.54 Å². The van der Waals surface area contributed by atoms with Gasteiger partial charge in [0.05, 0.1) is 16.2 Å². The quantitative estimate of drug-likeness (QED) is 0.309. The summed E-state index contributed by atoms with van der Waals surface area (Å²) >= 11 is 7.40. The molecule has 1 aromatic heterocycles. The molecule has 0 spiro atoms. The molecule has 0 radical (unpaired) electrons. The van der Waals surface area contributed by atoms with Gasteiger partial charge in [0.25, 0.3) is 5.56 Å². The number of hydrogen-bond acceptors (Lipinski definition) is 4. The number of aryl methyl sites for hydroxylation is 1. The Kier molecular flexibility index (Phi) is 6.26. The van der Waals surface area contributed by atoms with E-state index in [1.165, 1.54) is 11.8 Å². The number of benzene rings is 2. The normalized spacial score (nSPS) is 12.5. The molecule has 146 valence electrons. The summed E-state index contributed by atoms with van der Waals surface area (Å²) in [5.74, 6) is 0.285. The first-order valence-electron chi connectivity index (χ1n) is 9.24. The van der Waals surface area contributed by atoms with E-state index in [0.717, 1.165) is 5.56 Å². The van der Waals surface area contributed by atoms with Crippen molar-refractivity contribution in [2.75, 3.05) is 0 Å². The third-order valence-corrected chi connectivity index (χ3v) is 5.74. The number of Topliss-reactive ketones (excluding diaryl/α,β-unsaturated/α-hetero) is 1. The maximum absolute atomic E-state index is 13.0. The molecule has 0 fully saturated rings. The molecule has 0 amide bonds. The minimum atomic E-state index is -0.371. The third-order valence-electron chi connectivity index (χ3n) is 4.42. The molecule has 0 unspecified atom stereocenters. The smallest absolute Gasteiger partial charge is 0.262 e. The van der Waals surface area contributed by atoms with Crippen LogP contribution in [0.4, 0.5) is 0 Å². The van der Waals surface area contributed by atoms with Crippen molar-refractivity contribution in [3.63, 3.8) is 0 Å². The minimum absolute atomic E-state index is 0.0153. The lowest BCUT2D eigenvalue weighted by atomic mass is 10.1. The van der Waals surface area contributed by atoms with Crippen LogP contribution in [0, 0.1) is 12.8 Å². The van der Waals surface area contributed by atoms with Crippen LogP contribution in [0.2, 0.25) is 5.02 Å². The first-order valence-corrected chi connectivity index (χ1v) is 10.5. The molecule has 2 aromatic carbocycles. The maximum atomic E-state index is 13.0. The number of carbonyl (C=O) groups is 1. The Labute approximate surface area is 173 Å². The van der Waals surface area contributed by atoms with Crippen LogP contribution in [0.1, 0.15) is 36.7 Å². The maximum Gasteiger partial charge on any atom is 0.262 e. The zero-order valence-corrected chi connectivity index (χ0v) is 18.0. The van der Waals surface area contributed by atoms with E-state index in [9.17, 15) is 9.59 Å². The summed E-state index contributed by atoms with van der Waals surface area (Å²) in [5, 5.41) is 1.23. The van der Waals surface area contributed by atoms with E-state index in [1.54, 1.807) is 22.8 Å². The van der Waals surface area contributed by atoms with E-state index < -0.39 is 0 Å². The molecule has 0 aliphatic heterocycles. The number of rotatable bonds is 6. The van der Waals surface area contributed by atoms with E-state index in [0.29, 0.717) is 33.2 Å². The van der Waals surface area contributed by atoms with Gasteiger partial charge in [-0.15, -0.1) is 0 Å². The third kappa shape index (κ3) is 4.47. The van der Waals surface area contributed by atoms with Gasteiger partial charge in [0.1, 0.15) is 0 Å². The number of carbonyl (C=O) groups excluding carboxylic acids is 1. The molecule has 0 aliphatic rings. The number of thioether (sulfide) groups is 1. The molecule has 4 nitrogen and oxygen atoms in total. The van der Waals surface area contributed by atoms with Crippen LogP contribution in [0.15, 0.2) is 52.4 Å². The lowest BCUT2D eigenvalue weighted by Gasteiger charge is -2.17. The highest BCUT2D eigenvalue weighted by molar-refractivity contribution is 8.00. The van der Waals surface area contributed by atoms with Crippen LogP contribution in [-0.4, -0.2) is 20.6 Å². The van der Waals surface area contributed by atoms with Gasteiger partial charge in [-0.25, -0.2) is 4.98 Å². The van der Waals surface area contributed by atoms with Crippen LogP contribution < -0.4 is 5.56 Å². The van der Waals surface area contributed by atoms with Gasteiger partial charge in [-0.05, 0) is 38.0 Å². The fraction of sp³-hybridized carbons (Fsp3) is 0.318. The molecule has 3 aromatic rings. The number of nitrogens with zero attached hydrogens (tertiary/aromatic N) is 2. The van der Waals surface area contributed by atoms with Crippen molar-refractivity contribution in [3.8, 4) is 0 Å². The standard InChI is InChI=1S/C22H23ClN2O2S/c1-13(2)12-25-21(27)18-10-9-17(23)11-19(18)24-22(25)28-15(4)20(26)16-7-5-14(3)6-8-16/h5-11,13,15H,12H2,1-4H3/t15-/m1/s1. The van der Waals surface area contributed by atoms with Crippen LogP contribution in [0.3, 0.4) is 0 Å². The second kappa shape index (κ2) is 8.50. The Morgan fingerprint density at radius 2 is 1.82 bits per heavy atom. The highest BCUT2D eigenvalue weighted by Crippen LogP contribution is 2.26. The molecule has 28 heavy (non-hydrogen) atoms. The van der Waals surface area contributed by atoms with Crippen LogP contribution in [0.5, 0.6) is 0 Å². The number of aromatic nitrogens is 2. The Balaban J connectivity index is 2.01. The Morgan fingerprint density at radius 1 is 1.14 bits per heavy atom. The topological polar surface area (TPSA) is 52.0 Å². The molecule has 3 rings (SSSR count). The predicted octanol–water partition coefficient (Wildman–Crippen LogP) is 5.38.